The molecule has 0 saturated carbocycles. The number of hydrogen-bond acceptors (Lipinski definition) is 3. The Kier molecular flexibility index (Phi) is 4.72. The van der Waals surface area contributed by atoms with E-state index in [1.165, 1.54) is 7.11 Å². The topological polar surface area (TPSA) is 50.7 Å². The highest BCUT2D eigenvalue weighted by atomic mass is 16.5. The van der Waals surface area contributed by atoms with Crippen molar-refractivity contribution in [2.75, 3.05) is 7.11 Å². The number of nitrogens with one attached hydrogen (secondary N) is 1. The summed E-state index contributed by atoms with van der Waals surface area (Å²) in [6.07, 6.45) is 0. The summed E-state index contributed by atoms with van der Waals surface area (Å²) in [6.45, 7) is 3.88. The zero-order valence-corrected chi connectivity index (χ0v) is 12.4. The Bertz CT molecular complexity index is 678. The molecule has 4 nitrogen and oxygen atoms in total. The number of aryl methyl sites for hydroxylation is 1. The second kappa shape index (κ2) is 6.70. The lowest BCUT2D eigenvalue weighted by molar-refractivity contribution is 0.0952. The summed E-state index contributed by atoms with van der Waals surface area (Å²) < 4.78 is 5.16. The van der Waals surface area contributed by atoms with Crippen LogP contribution in [0.4, 0.5) is 0 Å². The van der Waals surface area contributed by atoms with Gasteiger partial charge in [0.1, 0.15) is 5.75 Å². The van der Waals surface area contributed by atoms with E-state index in [-0.39, 0.29) is 5.91 Å². The summed E-state index contributed by atoms with van der Waals surface area (Å²) in [5.41, 5.74) is 5.90. The van der Waals surface area contributed by atoms with Crippen LogP contribution in [0, 0.1) is 6.92 Å². The Balaban J connectivity index is 2.15. The molecule has 1 amide bonds. The van der Waals surface area contributed by atoms with Crippen molar-refractivity contribution in [3.8, 4) is 5.75 Å². The Morgan fingerprint density at radius 3 is 2.62 bits per heavy atom. The van der Waals surface area contributed by atoms with Gasteiger partial charge in [0.15, 0.2) is 0 Å². The van der Waals surface area contributed by atoms with E-state index in [0.29, 0.717) is 11.3 Å². The molecular formula is C17H18N2O2. The first-order valence-electron chi connectivity index (χ1n) is 6.66. The van der Waals surface area contributed by atoms with Gasteiger partial charge in [-0.3, -0.25) is 4.79 Å². The number of amides is 1. The summed E-state index contributed by atoms with van der Waals surface area (Å²) in [7, 11) is 1.54. The van der Waals surface area contributed by atoms with Crippen molar-refractivity contribution in [3.05, 3.63) is 65.2 Å². The van der Waals surface area contributed by atoms with Crippen molar-refractivity contribution in [3.63, 3.8) is 0 Å². The first-order valence-corrected chi connectivity index (χ1v) is 6.66. The minimum Gasteiger partial charge on any atom is -0.496 e. The summed E-state index contributed by atoms with van der Waals surface area (Å²) in [5, 5.41) is 4.15. The number of para-hydroxylation sites is 1. The van der Waals surface area contributed by atoms with Gasteiger partial charge in [-0.1, -0.05) is 42.0 Å². The lowest BCUT2D eigenvalue weighted by Gasteiger charge is -2.07. The number of hydrogen-bond donors (Lipinski definition) is 1. The van der Waals surface area contributed by atoms with Crippen LogP contribution in [0.5, 0.6) is 5.75 Å². The smallest absolute Gasteiger partial charge is 0.275 e. The van der Waals surface area contributed by atoms with Crippen LogP contribution >= 0.6 is 0 Å². The molecule has 0 saturated heterocycles. The van der Waals surface area contributed by atoms with Crippen LogP contribution in [-0.4, -0.2) is 18.7 Å². The van der Waals surface area contributed by atoms with E-state index in [9.17, 15) is 4.79 Å². The van der Waals surface area contributed by atoms with Crippen LogP contribution < -0.4 is 10.2 Å². The summed E-state index contributed by atoms with van der Waals surface area (Å²) >= 11 is 0. The van der Waals surface area contributed by atoms with E-state index in [1.54, 1.807) is 18.2 Å². The molecule has 1 N–H and O–H groups in total. The van der Waals surface area contributed by atoms with Crippen molar-refractivity contribution in [1.29, 1.82) is 0 Å². The maximum Gasteiger partial charge on any atom is 0.275 e. The molecule has 2 rings (SSSR count). The third kappa shape index (κ3) is 3.69. The van der Waals surface area contributed by atoms with Gasteiger partial charge in [0.05, 0.1) is 18.4 Å². The molecule has 0 heterocycles. The van der Waals surface area contributed by atoms with E-state index < -0.39 is 0 Å². The number of rotatable bonds is 4. The number of ether oxygens (including phenoxy) is 1. The monoisotopic (exact) mass is 282 g/mol. The van der Waals surface area contributed by atoms with Gasteiger partial charge in [-0.2, -0.15) is 5.10 Å². The molecule has 0 aliphatic heterocycles. The van der Waals surface area contributed by atoms with E-state index in [0.717, 1.165) is 16.8 Å². The van der Waals surface area contributed by atoms with Crippen molar-refractivity contribution in [1.82, 2.24) is 5.43 Å². The minimum atomic E-state index is -0.292. The third-order valence-electron chi connectivity index (χ3n) is 3.11. The quantitative estimate of drug-likeness (QED) is 0.691. The van der Waals surface area contributed by atoms with Gasteiger partial charge in [-0.05, 0) is 31.5 Å². The van der Waals surface area contributed by atoms with Crippen LogP contribution in [0.2, 0.25) is 0 Å². The lowest BCUT2D eigenvalue weighted by atomic mass is 10.1. The van der Waals surface area contributed by atoms with Gasteiger partial charge >= 0.3 is 0 Å². The van der Waals surface area contributed by atoms with E-state index in [2.05, 4.69) is 10.5 Å². The van der Waals surface area contributed by atoms with Crippen molar-refractivity contribution < 1.29 is 9.53 Å². The summed E-state index contributed by atoms with van der Waals surface area (Å²) in [5.74, 6) is 0.234. The molecular weight excluding hydrogens is 264 g/mol. The average molecular weight is 282 g/mol. The molecule has 2 aromatic carbocycles. The van der Waals surface area contributed by atoms with Gasteiger partial charge in [0.2, 0.25) is 0 Å². The zero-order chi connectivity index (χ0) is 15.2. The number of carbonyl (C=O) groups excluding carboxylic acids is 1. The van der Waals surface area contributed by atoms with Crippen molar-refractivity contribution >= 4 is 11.6 Å². The Morgan fingerprint density at radius 1 is 1.14 bits per heavy atom. The van der Waals surface area contributed by atoms with Crippen LogP contribution in [0.3, 0.4) is 0 Å². The molecule has 0 fully saturated rings. The second-order valence-corrected chi connectivity index (χ2v) is 4.71. The summed E-state index contributed by atoms with van der Waals surface area (Å²) in [4.78, 5) is 12.1. The Hall–Kier alpha value is -2.62. The molecule has 0 radical (unpaired) electrons. The van der Waals surface area contributed by atoms with Crippen LogP contribution in [-0.2, 0) is 0 Å². The molecule has 0 aliphatic rings. The van der Waals surface area contributed by atoms with E-state index >= 15 is 0 Å². The highest BCUT2D eigenvalue weighted by molar-refractivity contribution is 6.01. The Labute approximate surface area is 124 Å². The number of carbonyl (C=O) groups is 1. The maximum atomic E-state index is 12.1. The third-order valence-corrected chi connectivity index (χ3v) is 3.11. The first-order chi connectivity index (χ1) is 10.1. The highest BCUT2D eigenvalue weighted by Crippen LogP contribution is 2.16. The van der Waals surface area contributed by atoms with E-state index in [1.807, 2.05) is 44.2 Å². The predicted octanol–water partition coefficient (Wildman–Crippen LogP) is 3.16. The van der Waals surface area contributed by atoms with Crippen molar-refractivity contribution in [2.24, 2.45) is 5.10 Å². The Morgan fingerprint density at radius 2 is 1.90 bits per heavy atom. The average Bonchev–Trinajstić information content (AvgIpc) is 2.52. The normalized spacial score (nSPS) is 11.1. The number of hydrazone groups is 1. The zero-order valence-electron chi connectivity index (χ0n) is 12.4. The largest absolute Gasteiger partial charge is 0.496 e. The second-order valence-electron chi connectivity index (χ2n) is 4.71. The van der Waals surface area contributed by atoms with Gasteiger partial charge < -0.3 is 4.74 Å². The number of nitrogens with zero attached hydrogens (tertiary/aromatic N) is 1. The fourth-order valence-electron chi connectivity index (χ4n) is 1.96. The fraction of sp³-hybridized carbons (Fsp3) is 0.176. The van der Waals surface area contributed by atoms with Gasteiger partial charge in [-0.15, -0.1) is 0 Å². The SMILES string of the molecule is COc1ccccc1C(=O)NN=C(C)c1cccc(C)c1. The van der Waals surface area contributed by atoms with Crippen molar-refractivity contribution in [2.45, 2.75) is 13.8 Å². The molecule has 0 aliphatic carbocycles. The first kappa shape index (κ1) is 14.8. The fourth-order valence-corrected chi connectivity index (χ4v) is 1.96. The van der Waals surface area contributed by atoms with Gasteiger partial charge in [0.25, 0.3) is 5.91 Å². The molecule has 4 heteroatoms. The predicted molar refractivity (Wildman–Crippen MR) is 83.9 cm³/mol. The molecule has 2 aromatic rings. The lowest BCUT2D eigenvalue weighted by Crippen LogP contribution is -2.20. The highest BCUT2D eigenvalue weighted by Gasteiger charge is 2.10. The molecule has 0 spiro atoms. The molecule has 0 aromatic heterocycles. The molecule has 0 atom stereocenters. The molecule has 108 valence electrons. The van der Waals surface area contributed by atoms with E-state index in [4.69, 9.17) is 4.74 Å². The number of methoxy groups -OCH3 is 1. The van der Waals surface area contributed by atoms with Crippen LogP contribution in [0.15, 0.2) is 53.6 Å². The van der Waals surface area contributed by atoms with Crippen LogP contribution in [0.1, 0.15) is 28.4 Å². The summed E-state index contributed by atoms with van der Waals surface area (Å²) in [6, 6.07) is 15.0. The number of benzene rings is 2. The molecule has 21 heavy (non-hydrogen) atoms. The van der Waals surface area contributed by atoms with Gasteiger partial charge in [0, 0.05) is 0 Å². The maximum absolute atomic E-state index is 12.1. The molecule has 0 bridgehead atoms. The van der Waals surface area contributed by atoms with Gasteiger partial charge in [-0.25, -0.2) is 5.43 Å². The molecule has 0 unspecified atom stereocenters. The standard InChI is InChI=1S/C17H18N2O2/c1-12-7-6-8-14(11-12)13(2)18-19-17(20)15-9-4-5-10-16(15)21-3/h4-11H,1-3H3,(H,19,20). The minimum absolute atomic E-state index is 0.292. The van der Waals surface area contributed by atoms with Crippen LogP contribution in [0.25, 0.3) is 0 Å².